The van der Waals surface area contributed by atoms with Gasteiger partial charge in [-0.25, -0.2) is 4.98 Å². The van der Waals surface area contributed by atoms with Gasteiger partial charge >= 0.3 is 5.69 Å². The van der Waals surface area contributed by atoms with Crippen molar-refractivity contribution in [3.05, 3.63) is 40.6 Å². The van der Waals surface area contributed by atoms with Gasteiger partial charge in [-0.2, -0.15) is 4.98 Å². The molecular weight excluding hydrogens is 274 g/mol. The summed E-state index contributed by atoms with van der Waals surface area (Å²) in [6, 6.07) is 7.10. The number of aromatic nitrogens is 2. The van der Waals surface area contributed by atoms with Crippen LogP contribution in [0, 0.1) is 10.1 Å². The van der Waals surface area contributed by atoms with Gasteiger partial charge in [0.25, 0.3) is 0 Å². The molecule has 2 rings (SSSR count). The van der Waals surface area contributed by atoms with Crippen molar-refractivity contribution in [1.29, 1.82) is 0 Å². The predicted octanol–water partition coefficient (Wildman–Crippen LogP) is 2.57. The number of rotatable bonds is 6. The first kappa shape index (κ1) is 14.5. The number of anilines is 3. The molecule has 1 aromatic heterocycles. The summed E-state index contributed by atoms with van der Waals surface area (Å²) >= 11 is 0. The Kier molecular flexibility index (Phi) is 4.50. The lowest BCUT2D eigenvalue weighted by Crippen LogP contribution is -2.07. The monoisotopic (exact) mass is 289 g/mol. The van der Waals surface area contributed by atoms with Gasteiger partial charge in [-0.15, -0.1) is 0 Å². The number of nitrogens with zero attached hydrogens (tertiary/aromatic N) is 3. The van der Waals surface area contributed by atoms with Crippen molar-refractivity contribution in [3.63, 3.8) is 0 Å². The summed E-state index contributed by atoms with van der Waals surface area (Å²) in [5.74, 6) is 0.992. The Balaban J connectivity index is 2.40. The van der Waals surface area contributed by atoms with Crippen molar-refractivity contribution in [3.8, 4) is 5.75 Å². The lowest BCUT2D eigenvalue weighted by Gasteiger charge is -2.11. The topological polar surface area (TPSA) is 102 Å². The minimum absolute atomic E-state index is 0.107. The van der Waals surface area contributed by atoms with Gasteiger partial charge < -0.3 is 15.4 Å². The first-order valence-corrected chi connectivity index (χ1v) is 6.31. The molecule has 0 radical (unpaired) electrons. The largest absolute Gasteiger partial charge is 0.495 e. The molecule has 0 amide bonds. The molecule has 1 heterocycles. The van der Waals surface area contributed by atoms with Crippen LogP contribution in [-0.4, -0.2) is 28.5 Å². The second-order valence-electron chi connectivity index (χ2n) is 4.04. The quantitative estimate of drug-likeness (QED) is 0.622. The Labute approximate surface area is 121 Å². The summed E-state index contributed by atoms with van der Waals surface area (Å²) in [4.78, 5) is 18.6. The molecule has 0 atom stereocenters. The van der Waals surface area contributed by atoms with Crippen LogP contribution in [0.25, 0.3) is 0 Å². The van der Waals surface area contributed by atoms with Gasteiger partial charge in [-0.3, -0.25) is 10.1 Å². The smallest absolute Gasteiger partial charge is 0.329 e. The summed E-state index contributed by atoms with van der Waals surface area (Å²) in [6.07, 6.45) is 1.17. The first-order valence-electron chi connectivity index (χ1n) is 6.31. The molecule has 21 heavy (non-hydrogen) atoms. The molecule has 0 bridgehead atoms. The third-order valence-electron chi connectivity index (χ3n) is 2.66. The van der Waals surface area contributed by atoms with E-state index in [9.17, 15) is 10.1 Å². The number of para-hydroxylation sites is 2. The number of nitro groups is 1. The highest BCUT2D eigenvalue weighted by Crippen LogP contribution is 2.30. The molecule has 0 aliphatic heterocycles. The van der Waals surface area contributed by atoms with Crippen LogP contribution in [0.15, 0.2) is 30.5 Å². The van der Waals surface area contributed by atoms with Crippen LogP contribution >= 0.6 is 0 Å². The molecule has 110 valence electrons. The molecule has 2 N–H and O–H groups in total. The van der Waals surface area contributed by atoms with Gasteiger partial charge in [0.2, 0.25) is 11.8 Å². The zero-order valence-electron chi connectivity index (χ0n) is 11.7. The maximum absolute atomic E-state index is 11.1. The number of hydrogen-bond acceptors (Lipinski definition) is 7. The molecule has 0 unspecified atom stereocenters. The molecule has 0 fully saturated rings. The first-order chi connectivity index (χ1) is 10.2. The van der Waals surface area contributed by atoms with Gasteiger partial charge in [0.1, 0.15) is 11.9 Å². The van der Waals surface area contributed by atoms with Crippen LogP contribution in [0.3, 0.4) is 0 Å². The van der Waals surface area contributed by atoms with Crippen LogP contribution < -0.4 is 15.4 Å². The fraction of sp³-hybridized carbons (Fsp3) is 0.231. The molecule has 8 heteroatoms. The van der Waals surface area contributed by atoms with Crippen molar-refractivity contribution in [2.75, 3.05) is 24.3 Å². The predicted molar refractivity (Wildman–Crippen MR) is 79.1 cm³/mol. The summed E-state index contributed by atoms with van der Waals surface area (Å²) < 4.78 is 5.20. The van der Waals surface area contributed by atoms with E-state index in [-0.39, 0.29) is 11.5 Å². The normalized spacial score (nSPS) is 10.0. The highest BCUT2D eigenvalue weighted by Gasteiger charge is 2.18. The van der Waals surface area contributed by atoms with Crippen LogP contribution in [-0.2, 0) is 0 Å². The fourth-order valence-electron chi connectivity index (χ4n) is 1.72. The number of benzene rings is 1. The molecule has 0 aliphatic rings. The highest BCUT2D eigenvalue weighted by atomic mass is 16.6. The van der Waals surface area contributed by atoms with Crippen molar-refractivity contribution < 1.29 is 9.66 Å². The van der Waals surface area contributed by atoms with Crippen molar-refractivity contribution in [2.45, 2.75) is 6.92 Å². The summed E-state index contributed by atoms with van der Waals surface area (Å²) in [7, 11) is 1.53. The maximum atomic E-state index is 11.1. The Hall–Kier alpha value is -2.90. The second-order valence-corrected chi connectivity index (χ2v) is 4.04. The summed E-state index contributed by atoms with van der Waals surface area (Å²) in [6.45, 7) is 2.50. The lowest BCUT2D eigenvalue weighted by atomic mass is 10.3. The van der Waals surface area contributed by atoms with E-state index in [1.807, 2.05) is 13.0 Å². The van der Waals surface area contributed by atoms with Crippen LogP contribution in [0.5, 0.6) is 5.75 Å². The Morgan fingerprint density at radius 1 is 1.38 bits per heavy atom. The molecule has 0 saturated heterocycles. The van der Waals surface area contributed by atoms with E-state index in [1.54, 1.807) is 18.2 Å². The molecule has 0 aliphatic carbocycles. The Morgan fingerprint density at radius 2 is 2.14 bits per heavy atom. The van der Waals surface area contributed by atoms with Gasteiger partial charge in [0.05, 0.1) is 17.7 Å². The number of ether oxygens (including phenoxy) is 1. The SMILES string of the molecule is CCNc1ncc([N+](=O)[O-])c(Nc2ccccc2OC)n1. The Morgan fingerprint density at radius 3 is 2.81 bits per heavy atom. The van der Waals surface area contributed by atoms with Gasteiger partial charge in [-0.1, -0.05) is 12.1 Å². The van der Waals surface area contributed by atoms with E-state index < -0.39 is 4.92 Å². The summed E-state index contributed by atoms with van der Waals surface area (Å²) in [5, 5.41) is 16.9. The van der Waals surface area contributed by atoms with Crippen molar-refractivity contribution in [2.24, 2.45) is 0 Å². The zero-order chi connectivity index (χ0) is 15.2. The molecule has 2 aromatic rings. The lowest BCUT2D eigenvalue weighted by molar-refractivity contribution is -0.384. The van der Waals surface area contributed by atoms with Gasteiger partial charge in [0, 0.05) is 6.54 Å². The van der Waals surface area contributed by atoms with Crippen molar-refractivity contribution in [1.82, 2.24) is 9.97 Å². The van der Waals surface area contributed by atoms with E-state index >= 15 is 0 Å². The maximum Gasteiger partial charge on any atom is 0.329 e. The van der Waals surface area contributed by atoms with E-state index in [1.165, 1.54) is 13.3 Å². The van der Waals surface area contributed by atoms with E-state index in [2.05, 4.69) is 20.6 Å². The second kappa shape index (κ2) is 6.51. The van der Waals surface area contributed by atoms with Crippen LogP contribution in [0.2, 0.25) is 0 Å². The number of methoxy groups -OCH3 is 1. The highest BCUT2D eigenvalue weighted by molar-refractivity contribution is 5.70. The average Bonchev–Trinajstić information content (AvgIpc) is 2.48. The molecule has 0 spiro atoms. The molecular formula is C13H15N5O3. The molecule has 1 aromatic carbocycles. The standard InChI is InChI=1S/C13H15N5O3/c1-3-14-13-15-8-10(18(19)20)12(17-13)16-9-6-4-5-7-11(9)21-2/h4-8H,3H2,1-2H3,(H2,14,15,16,17). The third kappa shape index (κ3) is 3.35. The molecule has 0 saturated carbocycles. The minimum Gasteiger partial charge on any atom is -0.495 e. The minimum atomic E-state index is -0.534. The van der Waals surface area contributed by atoms with Gasteiger partial charge in [0.15, 0.2) is 0 Å². The van der Waals surface area contributed by atoms with E-state index in [4.69, 9.17) is 4.74 Å². The number of nitrogens with one attached hydrogen (secondary N) is 2. The van der Waals surface area contributed by atoms with E-state index in [0.717, 1.165) is 0 Å². The average molecular weight is 289 g/mol. The fourth-order valence-corrected chi connectivity index (χ4v) is 1.72. The van der Waals surface area contributed by atoms with Crippen molar-refractivity contribution >= 4 is 23.1 Å². The summed E-state index contributed by atoms with van der Waals surface area (Å²) in [5.41, 5.74) is 0.381. The molecule has 8 nitrogen and oxygen atoms in total. The third-order valence-corrected chi connectivity index (χ3v) is 2.66. The van der Waals surface area contributed by atoms with Crippen LogP contribution in [0.1, 0.15) is 6.92 Å². The van der Waals surface area contributed by atoms with E-state index in [0.29, 0.717) is 23.9 Å². The Bertz CT molecular complexity index is 647. The van der Waals surface area contributed by atoms with Gasteiger partial charge in [-0.05, 0) is 19.1 Å². The van der Waals surface area contributed by atoms with Crippen LogP contribution in [0.4, 0.5) is 23.1 Å². The zero-order valence-corrected chi connectivity index (χ0v) is 11.7. The number of hydrogen-bond donors (Lipinski definition) is 2.